The van der Waals surface area contributed by atoms with Crippen molar-refractivity contribution in [3.05, 3.63) is 29.3 Å². The molecule has 1 aliphatic heterocycles. The first-order valence-electron chi connectivity index (χ1n) is 5.59. The first kappa shape index (κ1) is 11.1. The number of rotatable bonds is 3. The number of ether oxygens (including phenoxy) is 1. The smallest absolute Gasteiger partial charge is 0.150 e. The molecule has 3 heteroatoms. The molecule has 3 nitrogen and oxygen atoms in total. The Morgan fingerprint density at radius 3 is 2.88 bits per heavy atom. The highest BCUT2D eigenvalue weighted by Gasteiger charge is 2.20. The lowest BCUT2D eigenvalue weighted by atomic mass is 10.1. The number of aryl methyl sites for hydroxylation is 1. The van der Waals surface area contributed by atoms with Crippen molar-refractivity contribution in [2.75, 3.05) is 25.2 Å². The Kier molecular flexibility index (Phi) is 3.25. The van der Waals surface area contributed by atoms with E-state index in [1.807, 2.05) is 19.1 Å². The SMILES string of the molecule is Cc1cc(N(C)C2CCOC2)ccc1C=O. The lowest BCUT2D eigenvalue weighted by Gasteiger charge is -2.25. The van der Waals surface area contributed by atoms with Gasteiger partial charge < -0.3 is 9.64 Å². The number of likely N-dealkylation sites (N-methyl/N-ethyl adjacent to an activating group) is 1. The molecule has 1 atom stereocenters. The number of carbonyl (C=O) groups excluding carboxylic acids is 1. The number of anilines is 1. The summed E-state index contributed by atoms with van der Waals surface area (Å²) >= 11 is 0. The molecule has 0 radical (unpaired) electrons. The zero-order chi connectivity index (χ0) is 11.5. The molecule has 1 aromatic rings. The first-order valence-corrected chi connectivity index (χ1v) is 5.59. The fourth-order valence-electron chi connectivity index (χ4n) is 2.05. The summed E-state index contributed by atoms with van der Waals surface area (Å²) in [5, 5.41) is 0. The molecule has 0 saturated carbocycles. The van der Waals surface area contributed by atoms with Crippen molar-refractivity contribution in [2.45, 2.75) is 19.4 Å². The molecule has 1 heterocycles. The third kappa shape index (κ3) is 2.09. The minimum Gasteiger partial charge on any atom is -0.379 e. The van der Waals surface area contributed by atoms with E-state index in [0.717, 1.165) is 42.7 Å². The molecule has 0 aromatic heterocycles. The number of carbonyl (C=O) groups is 1. The minimum absolute atomic E-state index is 0.460. The van der Waals surface area contributed by atoms with Crippen LogP contribution in [0, 0.1) is 6.92 Å². The Balaban J connectivity index is 2.19. The van der Waals surface area contributed by atoms with Gasteiger partial charge in [-0.25, -0.2) is 0 Å². The van der Waals surface area contributed by atoms with Crippen LogP contribution in [0.5, 0.6) is 0 Å². The third-order valence-corrected chi connectivity index (χ3v) is 3.24. The van der Waals surface area contributed by atoms with E-state index >= 15 is 0 Å². The Labute approximate surface area is 96.0 Å². The van der Waals surface area contributed by atoms with Gasteiger partial charge in [0.1, 0.15) is 6.29 Å². The van der Waals surface area contributed by atoms with Crippen molar-refractivity contribution in [3.63, 3.8) is 0 Å². The molecule has 1 saturated heterocycles. The molecule has 1 unspecified atom stereocenters. The highest BCUT2D eigenvalue weighted by Crippen LogP contribution is 2.22. The number of benzene rings is 1. The van der Waals surface area contributed by atoms with Gasteiger partial charge in [-0.2, -0.15) is 0 Å². The molecule has 1 aliphatic rings. The second kappa shape index (κ2) is 4.66. The summed E-state index contributed by atoms with van der Waals surface area (Å²) in [6.45, 7) is 3.61. The van der Waals surface area contributed by atoms with Crippen LogP contribution in [0.3, 0.4) is 0 Å². The lowest BCUT2D eigenvalue weighted by molar-refractivity contribution is 0.112. The lowest BCUT2D eigenvalue weighted by Crippen LogP contribution is -2.31. The van der Waals surface area contributed by atoms with Gasteiger partial charge in [0.2, 0.25) is 0 Å². The van der Waals surface area contributed by atoms with E-state index in [9.17, 15) is 4.79 Å². The monoisotopic (exact) mass is 219 g/mol. The zero-order valence-electron chi connectivity index (χ0n) is 9.77. The summed E-state index contributed by atoms with van der Waals surface area (Å²) in [7, 11) is 2.08. The fourth-order valence-corrected chi connectivity index (χ4v) is 2.05. The molecule has 0 spiro atoms. The molecule has 0 N–H and O–H groups in total. The van der Waals surface area contributed by atoms with Gasteiger partial charge in [0.05, 0.1) is 12.6 Å². The maximum absolute atomic E-state index is 10.7. The van der Waals surface area contributed by atoms with Crippen LogP contribution < -0.4 is 4.90 Å². The Hall–Kier alpha value is -1.35. The summed E-state index contributed by atoms with van der Waals surface area (Å²) < 4.78 is 5.38. The molecule has 86 valence electrons. The summed E-state index contributed by atoms with van der Waals surface area (Å²) in [6.07, 6.45) is 1.97. The van der Waals surface area contributed by atoms with Gasteiger partial charge in [0.25, 0.3) is 0 Å². The van der Waals surface area contributed by atoms with Gasteiger partial charge in [-0.1, -0.05) is 0 Å². The van der Waals surface area contributed by atoms with Crippen molar-refractivity contribution in [2.24, 2.45) is 0 Å². The molecule has 0 bridgehead atoms. The predicted molar refractivity (Wildman–Crippen MR) is 64.2 cm³/mol. The molecule has 0 aliphatic carbocycles. The topological polar surface area (TPSA) is 29.5 Å². The Morgan fingerprint density at radius 1 is 1.50 bits per heavy atom. The fraction of sp³-hybridized carbons (Fsp3) is 0.462. The van der Waals surface area contributed by atoms with Gasteiger partial charge >= 0.3 is 0 Å². The molecule has 16 heavy (non-hydrogen) atoms. The number of hydrogen-bond acceptors (Lipinski definition) is 3. The molecule has 1 aromatic carbocycles. The predicted octanol–water partition coefficient (Wildman–Crippen LogP) is 2.03. The van der Waals surface area contributed by atoms with E-state index in [4.69, 9.17) is 4.74 Å². The molecular formula is C13H17NO2. The van der Waals surface area contributed by atoms with E-state index in [1.54, 1.807) is 0 Å². The van der Waals surface area contributed by atoms with Crippen LogP contribution in [0.2, 0.25) is 0 Å². The molecule has 0 amide bonds. The van der Waals surface area contributed by atoms with Crippen molar-refractivity contribution in [1.82, 2.24) is 0 Å². The van der Waals surface area contributed by atoms with Gasteiger partial charge in [-0.3, -0.25) is 4.79 Å². The van der Waals surface area contributed by atoms with Gasteiger partial charge in [0.15, 0.2) is 0 Å². The van der Waals surface area contributed by atoms with Crippen molar-refractivity contribution in [3.8, 4) is 0 Å². The van der Waals surface area contributed by atoms with Crippen LogP contribution >= 0.6 is 0 Å². The summed E-state index contributed by atoms with van der Waals surface area (Å²) in [6, 6.07) is 6.39. The van der Waals surface area contributed by atoms with Crippen LogP contribution in [0.25, 0.3) is 0 Å². The highest BCUT2D eigenvalue weighted by molar-refractivity contribution is 5.78. The Morgan fingerprint density at radius 2 is 2.31 bits per heavy atom. The van der Waals surface area contributed by atoms with E-state index < -0.39 is 0 Å². The first-order chi connectivity index (χ1) is 7.72. The van der Waals surface area contributed by atoms with Crippen LogP contribution in [-0.2, 0) is 4.74 Å². The van der Waals surface area contributed by atoms with Crippen LogP contribution in [-0.4, -0.2) is 32.6 Å². The van der Waals surface area contributed by atoms with E-state index in [2.05, 4.69) is 18.0 Å². The Bertz CT molecular complexity index is 384. The maximum atomic E-state index is 10.7. The molecule has 2 rings (SSSR count). The average Bonchev–Trinajstić information content (AvgIpc) is 2.81. The summed E-state index contributed by atoms with van der Waals surface area (Å²) in [5.74, 6) is 0. The standard InChI is InChI=1S/C13H17NO2/c1-10-7-12(4-3-11(10)8-15)14(2)13-5-6-16-9-13/h3-4,7-8,13H,5-6,9H2,1-2H3. The quantitative estimate of drug-likeness (QED) is 0.728. The number of nitrogens with zero attached hydrogens (tertiary/aromatic N) is 1. The number of aldehydes is 1. The summed E-state index contributed by atoms with van der Waals surface area (Å²) in [4.78, 5) is 13.0. The van der Waals surface area contributed by atoms with E-state index in [1.165, 1.54) is 0 Å². The largest absolute Gasteiger partial charge is 0.379 e. The third-order valence-electron chi connectivity index (χ3n) is 3.24. The second-order valence-corrected chi connectivity index (χ2v) is 4.29. The van der Waals surface area contributed by atoms with E-state index in [0.29, 0.717) is 6.04 Å². The summed E-state index contributed by atoms with van der Waals surface area (Å²) in [5.41, 5.74) is 2.94. The van der Waals surface area contributed by atoms with E-state index in [-0.39, 0.29) is 0 Å². The maximum Gasteiger partial charge on any atom is 0.150 e. The van der Waals surface area contributed by atoms with Crippen LogP contribution in [0.4, 0.5) is 5.69 Å². The minimum atomic E-state index is 0.460. The molecular weight excluding hydrogens is 202 g/mol. The van der Waals surface area contributed by atoms with Gasteiger partial charge in [0, 0.05) is 24.9 Å². The normalized spacial score (nSPS) is 19.8. The number of hydrogen-bond donors (Lipinski definition) is 0. The van der Waals surface area contributed by atoms with Crippen molar-refractivity contribution < 1.29 is 9.53 Å². The highest BCUT2D eigenvalue weighted by atomic mass is 16.5. The van der Waals surface area contributed by atoms with Crippen LogP contribution in [0.1, 0.15) is 22.3 Å². The van der Waals surface area contributed by atoms with Gasteiger partial charge in [-0.05, 0) is 37.1 Å². The van der Waals surface area contributed by atoms with Crippen molar-refractivity contribution in [1.29, 1.82) is 0 Å². The van der Waals surface area contributed by atoms with Gasteiger partial charge in [-0.15, -0.1) is 0 Å². The molecule has 1 fully saturated rings. The van der Waals surface area contributed by atoms with Crippen molar-refractivity contribution >= 4 is 12.0 Å². The van der Waals surface area contributed by atoms with Crippen LogP contribution in [0.15, 0.2) is 18.2 Å². The zero-order valence-corrected chi connectivity index (χ0v) is 9.77. The average molecular weight is 219 g/mol. The second-order valence-electron chi connectivity index (χ2n) is 4.29.